The van der Waals surface area contributed by atoms with Crippen molar-refractivity contribution in [2.45, 2.75) is 65.6 Å². The molecule has 1 unspecified atom stereocenters. The zero-order chi connectivity index (χ0) is 25.2. The second-order valence-corrected chi connectivity index (χ2v) is 9.05. The molecule has 1 aliphatic rings. The molecule has 1 atom stereocenters. The molecule has 0 aliphatic carbocycles. The Morgan fingerprint density at radius 2 is 1.89 bits per heavy atom. The van der Waals surface area contributed by atoms with Crippen molar-refractivity contribution in [3.63, 3.8) is 0 Å². The van der Waals surface area contributed by atoms with E-state index in [0.717, 1.165) is 49.5 Å². The maximum Gasteiger partial charge on any atom is 0.352 e. The highest BCUT2D eigenvalue weighted by Crippen LogP contribution is 2.35. The summed E-state index contributed by atoms with van der Waals surface area (Å²) in [5.41, 5.74) is 0.539. The second-order valence-electron chi connectivity index (χ2n) is 9.05. The molecule has 3 aromatic rings. The van der Waals surface area contributed by atoms with E-state index < -0.39 is 23.1 Å². The lowest BCUT2D eigenvalue weighted by Crippen LogP contribution is -2.53. The summed E-state index contributed by atoms with van der Waals surface area (Å²) in [5, 5.41) is 0. The van der Waals surface area contributed by atoms with Crippen LogP contribution in [0.1, 0.15) is 51.3 Å². The Labute approximate surface area is 203 Å². The summed E-state index contributed by atoms with van der Waals surface area (Å²) < 4.78 is 42.0. The van der Waals surface area contributed by atoms with Gasteiger partial charge in [0, 0.05) is 30.4 Å². The van der Waals surface area contributed by atoms with Gasteiger partial charge in [0.05, 0.1) is 6.20 Å². The first kappa shape index (κ1) is 24.6. The number of halogens is 2. The van der Waals surface area contributed by atoms with Crippen LogP contribution >= 0.6 is 0 Å². The van der Waals surface area contributed by atoms with Crippen molar-refractivity contribution in [2.75, 3.05) is 11.4 Å². The van der Waals surface area contributed by atoms with Gasteiger partial charge >= 0.3 is 5.69 Å². The predicted molar refractivity (Wildman–Crippen MR) is 129 cm³/mol. The standard InChI is InChI=1S/C26H30F2N4O3/c1-5-10-32-23-14-22(30-25(33)31(23)11-9-26(32,4)6-2)34-16-18-12-20(27)24(21(28)13-18)35-19-8-7-17(3)29-15-19/h7-8,12-15H,5-6,9-11,16H2,1-4H3. The molecule has 0 bridgehead atoms. The van der Waals surface area contributed by atoms with Crippen molar-refractivity contribution in [3.8, 4) is 17.4 Å². The van der Waals surface area contributed by atoms with Gasteiger partial charge in [-0.05, 0) is 62.9 Å². The average Bonchev–Trinajstić information content (AvgIpc) is 2.83. The molecule has 0 radical (unpaired) electrons. The van der Waals surface area contributed by atoms with Gasteiger partial charge in [-0.3, -0.25) is 9.55 Å². The highest BCUT2D eigenvalue weighted by atomic mass is 19.1. The Hall–Kier alpha value is -3.49. The lowest BCUT2D eigenvalue weighted by molar-refractivity contribution is 0.280. The molecule has 35 heavy (non-hydrogen) atoms. The van der Waals surface area contributed by atoms with Gasteiger partial charge in [0.15, 0.2) is 17.4 Å². The topological polar surface area (TPSA) is 69.5 Å². The highest BCUT2D eigenvalue weighted by molar-refractivity contribution is 5.47. The summed E-state index contributed by atoms with van der Waals surface area (Å²) in [7, 11) is 0. The van der Waals surface area contributed by atoms with Crippen molar-refractivity contribution in [1.29, 1.82) is 0 Å². The fraction of sp³-hybridized carbons (Fsp3) is 0.423. The van der Waals surface area contributed by atoms with Gasteiger partial charge in [0.25, 0.3) is 0 Å². The van der Waals surface area contributed by atoms with Gasteiger partial charge in [0.1, 0.15) is 18.2 Å². The van der Waals surface area contributed by atoms with E-state index in [0.29, 0.717) is 6.54 Å². The number of aromatic nitrogens is 3. The molecule has 0 saturated carbocycles. The van der Waals surface area contributed by atoms with Crippen LogP contribution in [0.4, 0.5) is 14.6 Å². The number of hydrogen-bond donors (Lipinski definition) is 0. The molecule has 2 aromatic heterocycles. The van der Waals surface area contributed by atoms with E-state index in [1.807, 2.05) is 0 Å². The summed E-state index contributed by atoms with van der Waals surface area (Å²) in [6.07, 6.45) is 4.11. The van der Waals surface area contributed by atoms with Crippen LogP contribution in [0.25, 0.3) is 0 Å². The summed E-state index contributed by atoms with van der Waals surface area (Å²) in [4.78, 5) is 23.0. The number of pyridine rings is 1. The van der Waals surface area contributed by atoms with Gasteiger partial charge in [-0.2, -0.15) is 4.98 Å². The minimum Gasteiger partial charge on any atom is -0.473 e. The Morgan fingerprint density at radius 1 is 1.14 bits per heavy atom. The van der Waals surface area contributed by atoms with E-state index in [1.165, 1.54) is 6.20 Å². The number of anilines is 1. The lowest BCUT2D eigenvalue weighted by Gasteiger charge is -2.47. The SMILES string of the molecule is CCCN1c2cc(OCc3cc(F)c(Oc4ccc(C)nc4)c(F)c3)nc(=O)n2CCC1(C)CC. The number of aryl methyl sites for hydroxylation is 1. The molecule has 0 amide bonds. The zero-order valence-corrected chi connectivity index (χ0v) is 20.5. The van der Waals surface area contributed by atoms with Gasteiger partial charge in [-0.25, -0.2) is 13.6 Å². The molecule has 0 spiro atoms. The van der Waals surface area contributed by atoms with Crippen LogP contribution in [0, 0.1) is 18.6 Å². The number of hydrogen-bond acceptors (Lipinski definition) is 6. The molecule has 1 aromatic carbocycles. The minimum absolute atomic E-state index is 0.0733. The van der Waals surface area contributed by atoms with E-state index >= 15 is 0 Å². The summed E-state index contributed by atoms with van der Waals surface area (Å²) in [6, 6.07) is 7.29. The second kappa shape index (κ2) is 10.0. The number of nitrogens with zero attached hydrogens (tertiary/aromatic N) is 4. The maximum atomic E-state index is 14.6. The molecule has 0 fully saturated rings. The fourth-order valence-corrected chi connectivity index (χ4v) is 4.30. The molecule has 9 heteroatoms. The quantitative estimate of drug-likeness (QED) is 0.427. The predicted octanol–water partition coefficient (Wildman–Crippen LogP) is 5.39. The summed E-state index contributed by atoms with van der Waals surface area (Å²) in [6.45, 7) is 9.45. The first-order valence-electron chi connectivity index (χ1n) is 11.8. The smallest absolute Gasteiger partial charge is 0.352 e. The fourth-order valence-electron chi connectivity index (χ4n) is 4.30. The van der Waals surface area contributed by atoms with Crippen LogP contribution in [0.3, 0.4) is 0 Å². The Bertz CT molecular complexity index is 1240. The van der Waals surface area contributed by atoms with Gasteiger partial charge in [-0.15, -0.1) is 0 Å². The molecule has 0 N–H and O–H groups in total. The highest BCUT2D eigenvalue weighted by Gasteiger charge is 2.36. The van der Waals surface area contributed by atoms with Crippen molar-refractivity contribution >= 4 is 5.82 Å². The monoisotopic (exact) mass is 484 g/mol. The lowest BCUT2D eigenvalue weighted by atomic mass is 9.90. The molecule has 1 aliphatic heterocycles. The van der Waals surface area contributed by atoms with Gasteiger partial charge in [0.2, 0.25) is 5.88 Å². The third kappa shape index (κ3) is 5.13. The van der Waals surface area contributed by atoms with Gasteiger partial charge in [-0.1, -0.05) is 13.8 Å². The van der Waals surface area contributed by atoms with Gasteiger partial charge < -0.3 is 14.4 Å². The van der Waals surface area contributed by atoms with Crippen LogP contribution in [-0.2, 0) is 13.2 Å². The number of fused-ring (bicyclic) bond motifs is 1. The van der Waals surface area contributed by atoms with E-state index in [4.69, 9.17) is 9.47 Å². The third-order valence-corrected chi connectivity index (χ3v) is 6.53. The molecule has 7 nitrogen and oxygen atoms in total. The Balaban J connectivity index is 1.54. The van der Waals surface area contributed by atoms with Crippen LogP contribution in [0.15, 0.2) is 41.3 Å². The average molecular weight is 485 g/mol. The van der Waals surface area contributed by atoms with E-state index in [1.54, 1.807) is 29.7 Å². The molecular formula is C26H30F2N4O3. The molecule has 186 valence electrons. The number of benzene rings is 1. The Morgan fingerprint density at radius 3 is 2.51 bits per heavy atom. The summed E-state index contributed by atoms with van der Waals surface area (Å²) in [5.74, 6) is -1.14. The van der Waals surface area contributed by atoms with Crippen molar-refractivity contribution in [3.05, 3.63) is 69.9 Å². The van der Waals surface area contributed by atoms with Crippen LogP contribution in [-0.4, -0.2) is 26.6 Å². The first-order valence-corrected chi connectivity index (χ1v) is 11.8. The normalized spacial score (nSPS) is 17.3. The number of ether oxygens (including phenoxy) is 2. The van der Waals surface area contributed by atoms with Crippen LogP contribution < -0.4 is 20.1 Å². The molecule has 4 rings (SSSR count). The third-order valence-electron chi connectivity index (χ3n) is 6.53. The van der Waals surface area contributed by atoms with Crippen molar-refractivity contribution in [1.82, 2.24) is 14.5 Å². The summed E-state index contributed by atoms with van der Waals surface area (Å²) >= 11 is 0. The van der Waals surface area contributed by atoms with Crippen LogP contribution in [0.5, 0.6) is 17.4 Å². The molecule has 3 heterocycles. The van der Waals surface area contributed by atoms with Crippen LogP contribution in [0.2, 0.25) is 0 Å². The first-order chi connectivity index (χ1) is 16.7. The maximum absolute atomic E-state index is 14.6. The molecule has 0 saturated heterocycles. The van der Waals surface area contributed by atoms with Crippen molar-refractivity contribution < 1.29 is 18.3 Å². The Kier molecular flexibility index (Phi) is 7.05. The van der Waals surface area contributed by atoms with E-state index in [-0.39, 0.29) is 29.3 Å². The van der Waals surface area contributed by atoms with Crippen molar-refractivity contribution in [2.24, 2.45) is 0 Å². The van der Waals surface area contributed by atoms with E-state index in [9.17, 15) is 13.6 Å². The van der Waals surface area contributed by atoms with E-state index in [2.05, 4.69) is 35.6 Å². The minimum atomic E-state index is -0.865. The largest absolute Gasteiger partial charge is 0.473 e. The molecular weight excluding hydrogens is 454 g/mol. The number of rotatable bonds is 8. The zero-order valence-electron chi connectivity index (χ0n) is 20.5.